The molecule has 6 rings (SSSR count). The van der Waals surface area contributed by atoms with Crippen molar-refractivity contribution in [3.8, 4) is 28.5 Å². The average Bonchev–Trinajstić information content (AvgIpc) is 3.53. The van der Waals surface area contributed by atoms with E-state index in [1.807, 2.05) is 42.5 Å². The minimum absolute atomic E-state index is 0.0826. The standard InChI is InChI=1S/C27H30N4O3/c1-17(32)29-20-13-21-5-6-22(14-20)31(21)16-25-12-19-4-9-24(15-27(19)34-25)33-23-7-2-18(3-8-23)26-10-11-28-30-26/h2-4,7-11,15,20-22,25H,5-6,12-14,16H2,1H3,(H,28,30)(H,29,32)/t20-,21-,22+,25?. The number of piperidine rings is 1. The highest BCUT2D eigenvalue weighted by atomic mass is 16.5. The Morgan fingerprint density at radius 1 is 1.12 bits per heavy atom. The molecule has 0 saturated carbocycles. The molecule has 0 aliphatic carbocycles. The predicted octanol–water partition coefficient (Wildman–Crippen LogP) is 4.30. The number of H-pyrrole nitrogens is 1. The van der Waals surface area contributed by atoms with Gasteiger partial charge in [0, 0.05) is 50.3 Å². The van der Waals surface area contributed by atoms with Gasteiger partial charge in [-0.05, 0) is 73.2 Å². The summed E-state index contributed by atoms with van der Waals surface area (Å²) in [6.45, 7) is 2.56. The summed E-state index contributed by atoms with van der Waals surface area (Å²) in [5, 5.41) is 10.1. The Bertz CT molecular complexity index is 1150. The summed E-state index contributed by atoms with van der Waals surface area (Å²) in [5.41, 5.74) is 3.30. The van der Waals surface area contributed by atoms with Gasteiger partial charge in [0.1, 0.15) is 23.4 Å². The number of hydrogen-bond acceptors (Lipinski definition) is 5. The molecule has 2 fully saturated rings. The number of nitrogens with zero attached hydrogens (tertiary/aromatic N) is 2. The molecule has 7 heteroatoms. The molecule has 1 unspecified atom stereocenters. The van der Waals surface area contributed by atoms with Gasteiger partial charge in [-0.25, -0.2) is 0 Å². The van der Waals surface area contributed by atoms with Crippen LogP contribution in [0.3, 0.4) is 0 Å². The van der Waals surface area contributed by atoms with Crippen molar-refractivity contribution in [2.24, 2.45) is 0 Å². The first kappa shape index (κ1) is 21.2. The van der Waals surface area contributed by atoms with Crippen LogP contribution in [-0.4, -0.2) is 51.8 Å². The quantitative estimate of drug-likeness (QED) is 0.576. The Morgan fingerprint density at radius 3 is 2.59 bits per heavy atom. The molecule has 1 amide bonds. The second kappa shape index (κ2) is 8.80. The number of carbonyl (C=O) groups is 1. The number of fused-ring (bicyclic) bond motifs is 3. The molecule has 4 heterocycles. The molecule has 2 bridgehead atoms. The Kier molecular flexibility index (Phi) is 5.49. The molecule has 3 aliphatic rings. The minimum atomic E-state index is 0.0826. The molecule has 2 saturated heterocycles. The number of rotatable bonds is 6. The van der Waals surface area contributed by atoms with Crippen LogP contribution in [-0.2, 0) is 11.2 Å². The fourth-order valence-corrected chi connectivity index (χ4v) is 5.91. The molecule has 0 radical (unpaired) electrons. The Hall–Kier alpha value is -3.32. The van der Waals surface area contributed by atoms with E-state index in [1.165, 1.54) is 18.4 Å². The van der Waals surface area contributed by atoms with E-state index in [2.05, 4.69) is 26.5 Å². The third kappa shape index (κ3) is 4.28. The number of benzene rings is 2. The lowest BCUT2D eigenvalue weighted by molar-refractivity contribution is -0.120. The Morgan fingerprint density at radius 2 is 1.88 bits per heavy atom. The summed E-state index contributed by atoms with van der Waals surface area (Å²) in [6.07, 6.45) is 7.38. The number of hydrogen-bond donors (Lipinski definition) is 2. The number of aromatic amines is 1. The zero-order chi connectivity index (χ0) is 23.1. The third-order valence-electron chi connectivity index (χ3n) is 7.39. The molecule has 3 aliphatic heterocycles. The van der Waals surface area contributed by atoms with Crippen molar-refractivity contribution in [2.45, 2.75) is 63.3 Å². The first-order valence-corrected chi connectivity index (χ1v) is 12.2. The van der Waals surface area contributed by atoms with Crippen LogP contribution in [0.2, 0.25) is 0 Å². The van der Waals surface area contributed by atoms with E-state index >= 15 is 0 Å². The SMILES string of the molecule is CC(=O)N[C@@H]1C[C@H]2CC[C@@H](C1)N2CC1Cc2ccc(Oc3ccc(-c4ccn[nH]4)cc3)cc2O1. The molecule has 4 atom stereocenters. The van der Waals surface area contributed by atoms with Crippen LogP contribution in [0, 0.1) is 0 Å². The fourth-order valence-electron chi connectivity index (χ4n) is 5.91. The van der Waals surface area contributed by atoms with Crippen LogP contribution < -0.4 is 14.8 Å². The summed E-state index contributed by atoms with van der Waals surface area (Å²) in [5.74, 6) is 2.58. The number of aromatic nitrogens is 2. The van der Waals surface area contributed by atoms with E-state index in [0.717, 1.165) is 54.3 Å². The smallest absolute Gasteiger partial charge is 0.217 e. The number of amides is 1. The predicted molar refractivity (Wildman–Crippen MR) is 129 cm³/mol. The number of carbonyl (C=O) groups excluding carboxylic acids is 1. The van der Waals surface area contributed by atoms with Gasteiger partial charge in [-0.15, -0.1) is 0 Å². The van der Waals surface area contributed by atoms with Crippen molar-refractivity contribution in [3.63, 3.8) is 0 Å². The van der Waals surface area contributed by atoms with Gasteiger partial charge in [-0.2, -0.15) is 5.10 Å². The van der Waals surface area contributed by atoms with Gasteiger partial charge in [0.25, 0.3) is 0 Å². The number of nitrogens with one attached hydrogen (secondary N) is 2. The second-order valence-electron chi connectivity index (χ2n) is 9.76. The van der Waals surface area contributed by atoms with E-state index in [9.17, 15) is 4.79 Å². The highest BCUT2D eigenvalue weighted by Gasteiger charge is 2.42. The van der Waals surface area contributed by atoms with Gasteiger partial charge in [-0.3, -0.25) is 14.8 Å². The van der Waals surface area contributed by atoms with Crippen LogP contribution in [0.5, 0.6) is 17.2 Å². The van der Waals surface area contributed by atoms with Crippen LogP contribution >= 0.6 is 0 Å². The van der Waals surface area contributed by atoms with Crippen LogP contribution in [0.1, 0.15) is 38.2 Å². The highest BCUT2D eigenvalue weighted by molar-refractivity contribution is 5.73. The zero-order valence-corrected chi connectivity index (χ0v) is 19.4. The molecule has 2 aromatic carbocycles. The van der Waals surface area contributed by atoms with Gasteiger partial charge in [-0.1, -0.05) is 6.07 Å². The number of ether oxygens (including phenoxy) is 2. The summed E-state index contributed by atoms with van der Waals surface area (Å²) < 4.78 is 12.5. The summed E-state index contributed by atoms with van der Waals surface area (Å²) in [6, 6.07) is 17.5. The summed E-state index contributed by atoms with van der Waals surface area (Å²) >= 11 is 0. The monoisotopic (exact) mass is 458 g/mol. The van der Waals surface area contributed by atoms with Crippen LogP contribution in [0.4, 0.5) is 0 Å². The maximum Gasteiger partial charge on any atom is 0.217 e. The highest BCUT2D eigenvalue weighted by Crippen LogP contribution is 2.39. The van der Waals surface area contributed by atoms with Crippen LogP contribution in [0.15, 0.2) is 54.7 Å². The van der Waals surface area contributed by atoms with Crippen molar-refractivity contribution in [2.75, 3.05) is 6.54 Å². The lowest BCUT2D eigenvalue weighted by Crippen LogP contribution is -2.52. The third-order valence-corrected chi connectivity index (χ3v) is 7.39. The van der Waals surface area contributed by atoms with E-state index < -0.39 is 0 Å². The van der Waals surface area contributed by atoms with E-state index in [-0.39, 0.29) is 12.0 Å². The summed E-state index contributed by atoms with van der Waals surface area (Å²) in [4.78, 5) is 14.1. The second-order valence-corrected chi connectivity index (χ2v) is 9.76. The van der Waals surface area contributed by atoms with Crippen molar-refractivity contribution in [1.82, 2.24) is 20.4 Å². The fraction of sp³-hybridized carbons (Fsp3) is 0.407. The molecule has 176 valence electrons. The molecule has 2 N–H and O–H groups in total. The van der Waals surface area contributed by atoms with Gasteiger partial charge in [0.15, 0.2) is 0 Å². The van der Waals surface area contributed by atoms with Crippen molar-refractivity contribution in [3.05, 3.63) is 60.3 Å². The minimum Gasteiger partial charge on any atom is -0.488 e. The van der Waals surface area contributed by atoms with E-state index in [0.29, 0.717) is 18.1 Å². The van der Waals surface area contributed by atoms with E-state index in [4.69, 9.17) is 9.47 Å². The van der Waals surface area contributed by atoms with Gasteiger partial charge < -0.3 is 14.8 Å². The van der Waals surface area contributed by atoms with Gasteiger partial charge in [0.2, 0.25) is 5.91 Å². The molecule has 7 nitrogen and oxygen atoms in total. The maximum atomic E-state index is 11.5. The van der Waals surface area contributed by atoms with Crippen LogP contribution in [0.25, 0.3) is 11.3 Å². The topological polar surface area (TPSA) is 79.5 Å². The molecule has 1 aromatic heterocycles. The normalized spacial score (nSPS) is 25.6. The maximum absolute atomic E-state index is 11.5. The largest absolute Gasteiger partial charge is 0.488 e. The molecular formula is C27H30N4O3. The Labute approximate surface area is 199 Å². The molecule has 34 heavy (non-hydrogen) atoms. The average molecular weight is 459 g/mol. The molecule has 0 spiro atoms. The first-order chi connectivity index (χ1) is 16.6. The van der Waals surface area contributed by atoms with Gasteiger partial charge >= 0.3 is 0 Å². The lowest BCUT2D eigenvalue weighted by atomic mass is 9.96. The molecule has 3 aromatic rings. The van der Waals surface area contributed by atoms with Crippen molar-refractivity contribution >= 4 is 5.91 Å². The molecular weight excluding hydrogens is 428 g/mol. The van der Waals surface area contributed by atoms with E-state index in [1.54, 1.807) is 13.1 Å². The van der Waals surface area contributed by atoms with Crippen molar-refractivity contribution in [1.29, 1.82) is 0 Å². The van der Waals surface area contributed by atoms with Crippen molar-refractivity contribution < 1.29 is 14.3 Å². The lowest BCUT2D eigenvalue weighted by Gasteiger charge is -2.40. The Balaban J connectivity index is 1.07. The zero-order valence-electron chi connectivity index (χ0n) is 19.4. The van der Waals surface area contributed by atoms with Gasteiger partial charge in [0.05, 0.1) is 5.69 Å². The summed E-state index contributed by atoms with van der Waals surface area (Å²) in [7, 11) is 0. The first-order valence-electron chi connectivity index (χ1n) is 12.2.